The van der Waals surface area contributed by atoms with E-state index in [2.05, 4.69) is 22.0 Å². The van der Waals surface area contributed by atoms with Crippen molar-refractivity contribution in [2.45, 2.75) is 51.1 Å². The molecule has 5 rings (SSSR count). The van der Waals surface area contributed by atoms with Crippen molar-refractivity contribution in [3.05, 3.63) is 58.1 Å². The lowest BCUT2D eigenvalue weighted by molar-refractivity contribution is -0.384. The van der Waals surface area contributed by atoms with Crippen LogP contribution >= 0.6 is 0 Å². The van der Waals surface area contributed by atoms with E-state index < -0.39 is 10.9 Å². The Morgan fingerprint density at radius 2 is 1.84 bits per heavy atom. The van der Waals surface area contributed by atoms with Gasteiger partial charge in [0.25, 0.3) is 5.69 Å². The van der Waals surface area contributed by atoms with Gasteiger partial charge in [-0.05, 0) is 50.1 Å². The number of aromatic nitrogens is 2. The second-order valence-electron chi connectivity index (χ2n) is 9.85. The van der Waals surface area contributed by atoms with E-state index in [1.54, 1.807) is 30.3 Å². The molecule has 0 spiro atoms. The molecule has 0 radical (unpaired) electrons. The summed E-state index contributed by atoms with van der Waals surface area (Å²) in [5.41, 5.74) is 1.73. The minimum atomic E-state index is -0.422. The lowest BCUT2D eigenvalue weighted by Crippen LogP contribution is -2.55. The zero-order valence-corrected chi connectivity index (χ0v) is 21.2. The summed E-state index contributed by atoms with van der Waals surface area (Å²) in [5.74, 6) is 0.667. The highest BCUT2D eigenvalue weighted by Gasteiger charge is 2.31. The van der Waals surface area contributed by atoms with E-state index in [1.165, 1.54) is 51.3 Å². The van der Waals surface area contributed by atoms with Crippen molar-refractivity contribution >= 4 is 40.0 Å². The van der Waals surface area contributed by atoms with Crippen molar-refractivity contribution in [1.29, 1.82) is 0 Å². The number of anilines is 3. The van der Waals surface area contributed by atoms with Gasteiger partial charge in [-0.15, -0.1) is 0 Å². The number of hydrogen-bond acceptors (Lipinski definition) is 9. The number of non-ortho nitro benzene ring substituents is 1. The Labute approximate surface area is 215 Å². The molecule has 0 amide bonds. The molecule has 10 heteroatoms. The fourth-order valence-electron chi connectivity index (χ4n) is 5.45. The molecule has 2 fully saturated rings. The van der Waals surface area contributed by atoms with Crippen LogP contribution in [-0.4, -0.2) is 64.6 Å². The van der Waals surface area contributed by atoms with Crippen LogP contribution in [0.4, 0.5) is 23.1 Å². The first-order valence-corrected chi connectivity index (χ1v) is 12.8. The third-order valence-electron chi connectivity index (χ3n) is 7.45. The van der Waals surface area contributed by atoms with E-state index in [-0.39, 0.29) is 11.7 Å². The summed E-state index contributed by atoms with van der Waals surface area (Å²) < 4.78 is 4.77. The van der Waals surface area contributed by atoms with Crippen LogP contribution in [0.1, 0.15) is 49.4 Å². The summed E-state index contributed by atoms with van der Waals surface area (Å²) in [6, 6.07) is 12.4. The van der Waals surface area contributed by atoms with E-state index in [4.69, 9.17) is 14.7 Å². The first kappa shape index (κ1) is 24.9. The van der Waals surface area contributed by atoms with Gasteiger partial charge in [-0.2, -0.15) is 4.98 Å². The molecule has 2 heterocycles. The normalized spacial score (nSPS) is 19.1. The Kier molecular flexibility index (Phi) is 7.18. The van der Waals surface area contributed by atoms with Crippen LogP contribution in [0, 0.1) is 10.1 Å². The average Bonchev–Trinajstić information content (AvgIpc) is 2.93. The van der Waals surface area contributed by atoms with Gasteiger partial charge in [0.2, 0.25) is 5.95 Å². The molecule has 10 nitrogen and oxygen atoms in total. The number of benzene rings is 2. The minimum Gasteiger partial charge on any atom is -0.465 e. The summed E-state index contributed by atoms with van der Waals surface area (Å²) in [5, 5.41) is 15.3. The van der Waals surface area contributed by atoms with Gasteiger partial charge >= 0.3 is 5.97 Å². The van der Waals surface area contributed by atoms with Crippen molar-refractivity contribution in [3.63, 3.8) is 0 Å². The number of methoxy groups -OCH3 is 1. The molecule has 0 bridgehead atoms. The molecule has 1 N–H and O–H groups in total. The highest BCUT2D eigenvalue weighted by Crippen LogP contribution is 2.32. The standard InChI is InChI=1S/C27H32N6O4/c1-18-17-31(21-6-4-3-5-7-21)14-15-32(18)27-29-24-13-12-22(33(35)36)16-23(24)25(30-27)28-20-10-8-19(9-11-20)26(34)37-2/h8-13,16,18,21H,3-7,14-15,17H2,1-2H3,(H,28,29,30). The number of piperazine rings is 1. The molecule has 2 aromatic carbocycles. The van der Waals surface area contributed by atoms with Gasteiger partial charge in [0.05, 0.1) is 23.1 Å². The summed E-state index contributed by atoms with van der Waals surface area (Å²) in [4.78, 5) is 37.3. The van der Waals surface area contributed by atoms with Crippen LogP contribution in [0.5, 0.6) is 0 Å². The second-order valence-corrected chi connectivity index (χ2v) is 9.85. The van der Waals surface area contributed by atoms with Gasteiger partial charge < -0.3 is 15.0 Å². The van der Waals surface area contributed by atoms with Crippen molar-refractivity contribution in [3.8, 4) is 0 Å². The number of hydrogen-bond donors (Lipinski definition) is 1. The van der Waals surface area contributed by atoms with E-state index in [9.17, 15) is 14.9 Å². The first-order chi connectivity index (χ1) is 17.9. The molecular formula is C27H32N6O4. The zero-order chi connectivity index (χ0) is 25.9. The summed E-state index contributed by atoms with van der Waals surface area (Å²) >= 11 is 0. The van der Waals surface area contributed by atoms with Crippen LogP contribution < -0.4 is 10.2 Å². The van der Waals surface area contributed by atoms with E-state index in [0.29, 0.717) is 40.0 Å². The Morgan fingerprint density at radius 1 is 1.08 bits per heavy atom. The molecular weight excluding hydrogens is 472 g/mol. The Balaban J connectivity index is 1.45. The maximum absolute atomic E-state index is 11.8. The largest absolute Gasteiger partial charge is 0.465 e. The predicted molar refractivity (Wildman–Crippen MR) is 143 cm³/mol. The molecule has 1 saturated carbocycles. The average molecular weight is 505 g/mol. The van der Waals surface area contributed by atoms with Gasteiger partial charge in [0, 0.05) is 54.9 Å². The smallest absolute Gasteiger partial charge is 0.337 e. The third-order valence-corrected chi connectivity index (χ3v) is 7.45. The Hall–Kier alpha value is -3.79. The highest BCUT2D eigenvalue weighted by molar-refractivity contribution is 5.94. The van der Waals surface area contributed by atoms with Gasteiger partial charge in [0.1, 0.15) is 5.82 Å². The van der Waals surface area contributed by atoms with Crippen LogP contribution in [0.25, 0.3) is 10.9 Å². The number of rotatable bonds is 6. The molecule has 194 valence electrons. The number of nitrogens with one attached hydrogen (secondary N) is 1. The second kappa shape index (κ2) is 10.7. The molecule has 2 aliphatic rings. The van der Waals surface area contributed by atoms with Crippen molar-refractivity contribution < 1.29 is 14.5 Å². The lowest BCUT2D eigenvalue weighted by Gasteiger charge is -2.44. The topological polar surface area (TPSA) is 114 Å². The van der Waals surface area contributed by atoms with Crippen molar-refractivity contribution in [2.75, 3.05) is 37.0 Å². The zero-order valence-electron chi connectivity index (χ0n) is 21.2. The summed E-state index contributed by atoms with van der Waals surface area (Å²) in [6.45, 7) is 4.96. The minimum absolute atomic E-state index is 0.0256. The fraction of sp³-hybridized carbons (Fsp3) is 0.444. The lowest BCUT2D eigenvalue weighted by atomic mass is 9.93. The number of esters is 1. The predicted octanol–water partition coefficient (Wildman–Crippen LogP) is 4.91. The number of fused-ring (bicyclic) bond motifs is 1. The molecule has 1 aliphatic heterocycles. The maximum atomic E-state index is 11.8. The van der Waals surface area contributed by atoms with E-state index >= 15 is 0 Å². The molecule has 1 atom stereocenters. The van der Waals surface area contributed by atoms with Crippen LogP contribution in [0.3, 0.4) is 0 Å². The molecule has 3 aromatic rings. The van der Waals surface area contributed by atoms with Crippen molar-refractivity contribution in [2.24, 2.45) is 0 Å². The maximum Gasteiger partial charge on any atom is 0.337 e. The third kappa shape index (κ3) is 5.34. The number of nitro groups is 1. The number of carbonyl (C=O) groups is 1. The number of ether oxygens (including phenoxy) is 1. The van der Waals surface area contributed by atoms with Crippen LogP contribution in [0.2, 0.25) is 0 Å². The van der Waals surface area contributed by atoms with E-state index in [1.807, 2.05) is 0 Å². The SMILES string of the molecule is COC(=O)c1ccc(Nc2nc(N3CCN(C4CCCCC4)CC3C)nc3ccc([N+](=O)[O-])cc23)cc1. The van der Waals surface area contributed by atoms with Crippen molar-refractivity contribution in [1.82, 2.24) is 14.9 Å². The monoisotopic (exact) mass is 504 g/mol. The van der Waals surface area contributed by atoms with Gasteiger partial charge in [-0.1, -0.05) is 19.3 Å². The molecule has 1 aromatic heterocycles. The quantitative estimate of drug-likeness (QED) is 0.284. The van der Waals surface area contributed by atoms with Gasteiger partial charge in [-0.3, -0.25) is 15.0 Å². The highest BCUT2D eigenvalue weighted by atomic mass is 16.6. The Bertz CT molecular complexity index is 1290. The summed E-state index contributed by atoms with van der Waals surface area (Å²) in [6.07, 6.45) is 6.53. The number of nitrogens with zero attached hydrogens (tertiary/aromatic N) is 5. The molecule has 1 saturated heterocycles. The van der Waals surface area contributed by atoms with Crippen LogP contribution in [0.15, 0.2) is 42.5 Å². The summed E-state index contributed by atoms with van der Waals surface area (Å²) in [7, 11) is 1.34. The molecule has 1 unspecified atom stereocenters. The molecule has 1 aliphatic carbocycles. The number of carbonyl (C=O) groups excluding carboxylic acids is 1. The van der Waals surface area contributed by atoms with Crippen LogP contribution in [-0.2, 0) is 4.74 Å². The Morgan fingerprint density at radius 3 is 2.51 bits per heavy atom. The van der Waals surface area contributed by atoms with E-state index in [0.717, 1.165) is 19.6 Å². The number of nitro benzene ring substituents is 1. The van der Waals surface area contributed by atoms with Gasteiger partial charge in [0.15, 0.2) is 0 Å². The van der Waals surface area contributed by atoms with Gasteiger partial charge in [-0.25, -0.2) is 9.78 Å². The molecule has 37 heavy (non-hydrogen) atoms. The fourth-order valence-corrected chi connectivity index (χ4v) is 5.45. The first-order valence-electron chi connectivity index (χ1n) is 12.8.